The summed E-state index contributed by atoms with van der Waals surface area (Å²) in [5.41, 5.74) is 3.74. The molecule has 0 fully saturated rings. The van der Waals surface area contributed by atoms with E-state index in [0.29, 0.717) is 23.0 Å². The van der Waals surface area contributed by atoms with Crippen molar-refractivity contribution in [3.8, 4) is 34.3 Å². The minimum Gasteiger partial charge on any atom is -0.507 e. The van der Waals surface area contributed by atoms with Crippen LogP contribution in [0.5, 0.6) is 11.6 Å². The summed E-state index contributed by atoms with van der Waals surface area (Å²) in [7, 11) is 1.56. The average Bonchev–Trinajstić information content (AvgIpc) is 3.19. The number of rotatable bonds is 3. The van der Waals surface area contributed by atoms with E-state index in [4.69, 9.17) is 14.1 Å². The van der Waals surface area contributed by atoms with Gasteiger partial charge in [-0.3, -0.25) is 0 Å². The van der Waals surface area contributed by atoms with Gasteiger partial charge in [0, 0.05) is 22.4 Å². The first-order valence-corrected chi connectivity index (χ1v) is 10.3. The number of aromatic hydroxyl groups is 1. The fraction of sp³-hybridized carbons (Fsp3) is 0.0370. The van der Waals surface area contributed by atoms with E-state index in [1.54, 1.807) is 31.4 Å². The number of para-hydroxylation sites is 1. The molecule has 0 aliphatic heterocycles. The Morgan fingerprint density at radius 3 is 2.31 bits per heavy atom. The molecular formula is C27H18N2O3. The number of ether oxygens (including phenoxy) is 1. The maximum absolute atomic E-state index is 10.3. The van der Waals surface area contributed by atoms with E-state index in [1.807, 2.05) is 30.3 Å². The second kappa shape index (κ2) is 7.10. The molecule has 0 amide bonds. The standard InChI is InChI=1S/C27H18N2O3/c1-31-26-15-22(28-27(29-26)20-8-4-5-9-23(20)30)18-10-11-19-21-12-16-6-2-3-7-17(16)13-25(21)32-24(19)14-18/h2-15,30H,1H3. The number of benzene rings is 4. The third-order valence-electron chi connectivity index (χ3n) is 5.69. The summed E-state index contributed by atoms with van der Waals surface area (Å²) in [6.45, 7) is 0. The van der Waals surface area contributed by atoms with Crippen LogP contribution in [0, 0.1) is 0 Å². The quantitative estimate of drug-likeness (QED) is 0.352. The van der Waals surface area contributed by atoms with Crippen molar-refractivity contribution in [2.75, 3.05) is 7.11 Å². The lowest BCUT2D eigenvalue weighted by Gasteiger charge is -2.09. The van der Waals surface area contributed by atoms with Gasteiger partial charge in [0.2, 0.25) is 5.88 Å². The van der Waals surface area contributed by atoms with Gasteiger partial charge < -0.3 is 14.3 Å². The van der Waals surface area contributed by atoms with E-state index in [2.05, 4.69) is 35.3 Å². The zero-order valence-electron chi connectivity index (χ0n) is 17.2. The normalized spacial score (nSPS) is 11.4. The maximum atomic E-state index is 10.3. The molecule has 1 N–H and O–H groups in total. The summed E-state index contributed by atoms with van der Waals surface area (Å²) < 4.78 is 11.6. The first-order chi connectivity index (χ1) is 15.7. The highest BCUT2D eigenvalue weighted by molar-refractivity contribution is 6.10. The molecule has 2 heterocycles. The van der Waals surface area contributed by atoms with E-state index < -0.39 is 0 Å². The topological polar surface area (TPSA) is 68.4 Å². The van der Waals surface area contributed by atoms with Crippen molar-refractivity contribution in [2.24, 2.45) is 0 Å². The number of aromatic nitrogens is 2. The van der Waals surface area contributed by atoms with Crippen LogP contribution >= 0.6 is 0 Å². The highest BCUT2D eigenvalue weighted by Gasteiger charge is 2.14. The summed E-state index contributed by atoms with van der Waals surface area (Å²) in [5.74, 6) is 0.934. The van der Waals surface area contributed by atoms with Crippen LogP contribution in [0.1, 0.15) is 0 Å². The number of nitrogens with zero attached hydrogens (tertiary/aromatic N) is 2. The predicted molar refractivity (Wildman–Crippen MR) is 126 cm³/mol. The molecule has 154 valence electrons. The van der Waals surface area contributed by atoms with Gasteiger partial charge in [0.25, 0.3) is 0 Å². The number of phenolic OH excluding ortho intramolecular Hbond substituents is 1. The molecule has 0 radical (unpaired) electrons. The lowest BCUT2D eigenvalue weighted by molar-refractivity contribution is 0.397. The molecule has 0 unspecified atom stereocenters. The minimum absolute atomic E-state index is 0.117. The van der Waals surface area contributed by atoms with E-state index in [9.17, 15) is 5.11 Å². The van der Waals surface area contributed by atoms with Gasteiger partial charge >= 0.3 is 0 Å². The summed E-state index contributed by atoms with van der Waals surface area (Å²) >= 11 is 0. The first kappa shape index (κ1) is 18.4. The lowest BCUT2D eigenvalue weighted by Crippen LogP contribution is -1.96. The fourth-order valence-electron chi connectivity index (χ4n) is 4.08. The molecule has 0 bridgehead atoms. The van der Waals surface area contributed by atoms with Gasteiger partial charge in [0.15, 0.2) is 5.82 Å². The van der Waals surface area contributed by atoms with Crippen molar-refractivity contribution in [2.45, 2.75) is 0 Å². The third kappa shape index (κ3) is 2.94. The van der Waals surface area contributed by atoms with E-state index >= 15 is 0 Å². The Morgan fingerprint density at radius 2 is 1.50 bits per heavy atom. The smallest absolute Gasteiger partial charge is 0.217 e. The number of methoxy groups -OCH3 is 1. The van der Waals surface area contributed by atoms with Gasteiger partial charge in [0.05, 0.1) is 18.4 Å². The monoisotopic (exact) mass is 418 g/mol. The van der Waals surface area contributed by atoms with Crippen LogP contribution in [0.25, 0.3) is 55.4 Å². The van der Waals surface area contributed by atoms with Crippen molar-refractivity contribution in [3.63, 3.8) is 0 Å². The molecule has 6 rings (SSSR count). The molecule has 0 aliphatic rings. The Kier molecular flexibility index (Phi) is 4.08. The van der Waals surface area contributed by atoms with Crippen molar-refractivity contribution in [1.29, 1.82) is 0 Å². The van der Waals surface area contributed by atoms with Crippen molar-refractivity contribution in [1.82, 2.24) is 9.97 Å². The molecule has 0 spiro atoms. The van der Waals surface area contributed by atoms with Gasteiger partial charge in [-0.05, 0) is 47.2 Å². The summed E-state index contributed by atoms with van der Waals surface area (Å²) in [6.07, 6.45) is 0. The lowest BCUT2D eigenvalue weighted by atomic mass is 10.0. The van der Waals surface area contributed by atoms with Crippen LogP contribution in [0.3, 0.4) is 0 Å². The Hall–Kier alpha value is -4.38. The average molecular weight is 418 g/mol. The molecule has 6 aromatic rings. The molecule has 32 heavy (non-hydrogen) atoms. The summed E-state index contributed by atoms with van der Waals surface area (Å²) in [5, 5.41) is 14.7. The van der Waals surface area contributed by atoms with Gasteiger partial charge in [0.1, 0.15) is 16.9 Å². The zero-order chi connectivity index (χ0) is 21.7. The predicted octanol–water partition coefficient (Wildman–Crippen LogP) is 6.58. The minimum atomic E-state index is 0.117. The summed E-state index contributed by atoms with van der Waals surface area (Å²) in [6, 6.07) is 27.3. The fourth-order valence-corrected chi connectivity index (χ4v) is 4.08. The highest BCUT2D eigenvalue weighted by atomic mass is 16.5. The molecule has 5 nitrogen and oxygen atoms in total. The Morgan fingerprint density at radius 1 is 0.750 bits per heavy atom. The molecule has 5 heteroatoms. The largest absolute Gasteiger partial charge is 0.507 e. The van der Waals surface area contributed by atoms with Crippen LogP contribution in [0.4, 0.5) is 0 Å². The van der Waals surface area contributed by atoms with Gasteiger partial charge in [-0.2, -0.15) is 4.98 Å². The highest BCUT2D eigenvalue weighted by Crippen LogP contribution is 2.35. The van der Waals surface area contributed by atoms with E-state index in [-0.39, 0.29) is 5.75 Å². The zero-order valence-corrected chi connectivity index (χ0v) is 17.2. The Labute approximate surface area is 183 Å². The number of hydrogen-bond donors (Lipinski definition) is 1. The van der Waals surface area contributed by atoms with E-state index in [1.165, 1.54) is 5.39 Å². The Balaban J connectivity index is 1.53. The van der Waals surface area contributed by atoms with Crippen LogP contribution in [-0.2, 0) is 0 Å². The summed E-state index contributed by atoms with van der Waals surface area (Å²) in [4.78, 5) is 9.12. The van der Waals surface area contributed by atoms with Gasteiger partial charge in [-0.25, -0.2) is 4.98 Å². The third-order valence-corrected chi connectivity index (χ3v) is 5.69. The molecule has 0 aliphatic carbocycles. The molecule has 0 atom stereocenters. The van der Waals surface area contributed by atoms with Gasteiger partial charge in [-0.15, -0.1) is 0 Å². The molecule has 2 aromatic heterocycles. The molecule has 0 saturated heterocycles. The maximum Gasteiger partial charge on any atom is 0.217 e. The van der Waals surface area contributed by atoms with Crippen molar-refractivity contribution >= 4 is 32.7 Å². The van der Waals surface area contributed by atoms with Crippen LogP contribution < -0.4 is 4.74 Å². The van der Waals surface area contributed by atoms with Gasteiger partial charge in [-0.1, -0.05) is 42.5 Å². The van der Waals surface area contributed by atoms with Crippen molar-refractivity contribution < 1.29 is 14.3 Å². The van der Waals surface area contributed by atoms with Crippen LogP contribution in [-0.4, -0.2) is 22.2 Å². The Bertz CT molecular complexity index is 1640. The second-order valence-corrected chi connectivity index (χ2v) is 7.64. The SMILES string of the molecule is COc1cc(-c2ccc3c(c2)oc2cc4ccccc4cc23)nc(-c2ccccc2O)n1. The molecule has 4 aromatic carbocycles. The molecule has 0 saturated carbocycles. The number of fused-ring (bicyclic) bond motifs is 4. The number of phenols is 1. The number of furan rings is 1. The molecular weight excluding hydrogens is 400 g/mol. The number of hydrogen-bond acceptors (Lipinski definition) is 5. The second-order valence-electron chi connectivity index (χ2n) is 7.64. The van der Waals surface area contributed by atoms with Crippen LogP contribution in [0.15, 0.2) is 89.3 Å². The van der Waals surface area contributed by atoms with E-state index in [0.717, 1.165) is 32.9 Å². The first-order valence-electron chi connectivity index (χ1n) is 10.3. The van der Waals surface area contributed by atoms with Crippen LogP contribution in [0.2, 0.25) is 0 Å². The van der Waals surface area contributed by atoms with Crippen molar-refractivity contribution in [3.05, 3.63) is 84.9 Å².